The smallest absolute Gasteiger partial charge is 0.222 e. The number of amides is 1. The van der Waals surface area contributed by atoms with E-state index in [2.05, 4.69) is 28.6 Å². The Kier molecular flexibility index (Phi) is 5.19. The Balaban J connectivity index is 1.45. The van der Waals surface area contributed by atoms with Gasteiger partial charge in [-0.1, -0.05) is 37.3 Å². The highest BCUT2D eigenvalue weighted by Gasteiger charge is 2.30. The highest BCUT2D eigenvalue weighted by atomic mass is 16.2. The Hall–Kier alpha value is -2.69. The summed E-state index contributed by atoms with van der Waals surface area (Å²) in [7, 11) is 0. The minimum absolute atomic E-state index is 0.248. The van der Waals surface area contributed by atoms with E-state index in [4.69, 9.17) is 4.98 Å². The molecule has 1 saturated heterocycles. The number of pyridine rings is 1. The lowest BCUT2D eigenvalue weighted by molar-refractivity contribution is -0.130. The number of hydrogen-bond acceptors (Lipinski definition) is 3. The van der Waals surface area contributed by atoms with Crippen LogP contribution in [0.3, 0.4) is 0 Å². The molecule has 3 heterocycles. The van der Waals surface area contributed by atoms with Crippen molar-refractivity contribution in [2.75, 3.05) is 13.1 Å². The fraction of sp³-hybridized carbons (Fsp3) is 0.409. The maximum atomic E-state index is 12.7. The van der Waals surface area contributed by atoms with Gasteiger partial charge in [0, 0.05) is 38.2 Å². The minimum atomic E-state index is 0.248. The van der Waals surface area contributed by atoms with Gasteiger partial charge in [-0.2, -0.15) is 0 Å². The standard InChI is InChI=1S/C22H26N4O/c1-2-14-26-21(24-19-9-6-13-23-22(19)26)18-12-15-25(16-18)20(27)11-10-17-7-4-3-5-8-17/h3-9,13,18H,2,10-12,14-16H2,1H3. The third kappa shape index (κ3) is 3.72. The van der Waals surface area contributed by atoms with Crippen LogP contribution in [0.1, 0.15) is 43.5 Å². The third-order valence-electron chi connectivity index (χ3n) is 5.36. The van der Waals surface area contributed by atoms with E-state index >= 15 is 0 Å². The van der Waals surface area contributed by atoms with E-state index in [-0.39, 0.29) is 5.91 Å². The number of carbonyl (C=O) groups excluding carboxylic acids is 1. The SMILES string of the molecule is CCCn1c(C2CCN(C(=O)CCc3ccccc3)C2)nc2cccnc21. The first-order chi connectivity index (χ1) is 13.3. The van der Waals surface area contributed by atoms with Crippen LogP contribution >= 0.6 is 0 Å². The lowest BCUT2D eigenvalue weighted by Crippen LogP contribution is -2.29. The van der Waals surface area contributed by atoms with E-state index in [1.807, 2.05) is 41.4 Å². The van der Waals surface area contributed by atoms with Crippen molar-refractivity contribution in [2.45, 2.75) is 45.1 Å². The molecule has 1 amide bonds. The number of likely N-dealkylation sites (tertiary alicyclic amines) is 1. The summed E-state index contributed by atoms with van der Waals surface area (Å²) in [6, 6.07) is 14.2. The molecule has 0 saturated carbocycles. The van der Waals surface area contributed by atoms with Crippen molar-refractivity contribution >= 4 is 17.1 Å². The number of aryl methyl sites for hydroxylation is 2. The molecular formula is C22H26N4O. The number of carbonyl (C=O) groups is 1. The fourth-order valence-electron chi connectivity index (χ4n) is 3.98. The van der Waals surface area contributed by atoms with Gasteiger partial charge in [-0.05, 0) is 37.0 Å². The van der Waals surface area contributed by atoms with E-state index in [9.17, 15) is 4.79 Å². The summed E-state index contributed by atoms with van der Waals surface area (Å²) in [6.07, 6.45) is 5.22. The van der Waals surface area contributed by atoms with Gasteiger partial charge in [0.1, 0.15) is 11.3 Å². The van der Waals surface area contributed by atoms with Crippen molar-refractivity contribution < 1.29 is 4.79 Å². The van der Waals surface area contributed by atoms with Crippen LogP contribution in [0.5, 0.6) is 0 Å². The fourth-order valence-corrected chi connectivity index (χ4v) is 3.98. The summed E-state index contributed by atoms with van der Waals surface area (Å²) < 4.78 is 2.25. The van der Waals surface area contributed by atoms with Crippen molar-refractivity contribution in [2.24, 2.45) is 0 Å². The summed E-state index contributed by atoms with van der Waals surface area (Å²) in [5.74, 6) is 1.63. The highest BCUT2D eigenvalue weighted by molar-refractivity contribution is 5.77. The van der Waals surface area contributed by atoms with Crippen molar-refractivity contribution in [1.82, 2.24) is 19.4 Å². The van der Waals surface area contributed by atoms with Crippen LogP contribution in [0.4, 0.5) is 0 Å². The predicted molar refractivity (Wildman–Crippen MR) is 107 cm³/mol. The molecule has 140 valence electrons. The van der Waals surface area contributed by atoms with Gasteiger partial charge in [0.25, 0.3) is 0 Å². The zero-order valence-electron chi connectivity index (χ0n) is 15.8. The number of hydrogen-bond donors (Lipinski definition) is 0. The van der Waals surface area contributed by atoms with Gasteiger partial charge in [-0.3, -0.25) is 4.79 Å². The average Bonchev–Trinajstić information content (AvgIpc) is 3.33. The van der Waals surface area contributed by atoms with E-state index in [0.717, 1.165) is 55.9 Å². The zero-order chi connectivity index (χ0) is 18.6. The molecule has 0 spiro atoms. The normalized spacial score (nSPS) is 16.9. The van der Waals surface area contributed by atoms with Crippen LogP contribution in [0, 0.1) is 0 Å². The van der Waals surface area contributed by atoms with Crippen molar-refractivity contribution in [1.29, 1.82) is 0 Å². The molecule has 0 aliphatic carbocycles. The zero-order valence-corrected chi connectivity index (χ0v) is 15.8. The van der Waals surface area contributed by atoms with Crippen LogP contribution in [0.25, 0.3) is 11.2 Å². The molecule has 27 heavy (non-hydrogen) atoms. The van der Waals surface area contributed by atoms with E-state index in [1.54, 1.807) is 0 Å². The Morgan fingerprint density at radius 3 is 2.85 bits per heavy atom. The first-order valence-corrected chi connectivity index (χ1v) is 9.89. The third-order valence-corrected chi connectivity index (χ3v) is 5.36. The van der Waals surface area contributed by atoms with Gasteiger partial charge in [0.15, 0.2) is 5.65 Å². The highest BCUT2D eigenvalue weighted by Crippen LogP contribution is 2.29. The van der Waals surface area contributed by atoms with Gasteiger partial charge in [-0.15, -0.1) is 0 Å². The largest absolute Gasteiger partial charge is 0.342 e. The molecule has 0 radical (unpaired) electrons. The number of fused-ring (bicyclic) bond motifs is 1. The lowest BCUT2D eigenvalue weighted by Gasteiger charge is -2.17. The van der Waals surface area contributed by atoms with Crippen LogP contribution in [-0.2, 0) is 17.8 Å². The first-order valence-electron chi connectivity index (χ1n) is 9.89. The number of aromatic nitrogens is 3. The summed E-state index contributed by atoms with van der Waals surface area (Å²) in [4.78, 5) is 24.1. The summed E-state index contributed by atoms with van der Waals surface area (Å²) in [5.41, 5.74) is 3.13. The summed E-state index contributed by atoms with van der Waals surface area (Å²) >= 11 is 0. The average molecular weight is 362 g/mol. The van der Waals surface area contributed by atoms with Gasteiger partial charge in [0.05, 0.1) is 0 Å². The Morgan fingerprint density at radius 1 is 1.19 bits per heavy atom. The molecule has 4 rings (SSSR count). The Labute approximate surface area is 160 Å². The summed E-state index contributed by atoms with van der Waals surface area (Å²) in [5, 5.41) is 0. The van der Waals surface area contributed by atoms with E-state index in [1.165, 1.54) is 5.56 Å². The molecule has 1 fully saturated rings. The van der Waals surface area contributed by atoms with Crippen LogP contribution in [0.15, 0.2) is 48.7 Å². The quantitative estimate of drug-likeness (QED) is 0.670. The van der Waals surface area contributed by atoms with Crippen molar-refractivity contribution in [3.8, 4) is 0 Å². The number of imidazole rings is 1. The lowest BCUT2D eigenvalue weighted by atomic mass is 10.1. The van der Waals surface area contributed by atoms with Crippen molar-refractivity contribution in [3.63, 3.8) is 0 Å². The van der Waals surface area contributed by atoms with Gasteiger partial charge >= 0.3 is 0 Å². The topological polar surface area (TPSA) is 51.0 Å². The maximum absolute atomic E-state index is 12.7. The number of benzene rings is 1. The molecule has 0 N–H and O–H groups in total. The first kappa shape index (κ1) is 17.7. The Morgan fingerprint density at radius 2 is 2.04 bits per heavy atom. The van der Waals surface area contributed by atoms with Crippen LogP contribution in [0.2, 0.25) is 0 Å². The summed E-state index contributed by atoms with van der Waals surface area (Å²) in [6.45, 7) is 4.68. The predicted octanol–water partition coefficient (Wildman–Crippen LogP) is 3.79. The van der Waals surface area contributed by atoms with E-state index < -0.39 is 0 Å². The molecular weight excluding hydrogens is 336 g/mol. The van der Waals surface area contributed by atoms with E-state index in [0.29, 0.717) is 12.3 Å². The molecule has 5 heteroatoms. The second-order valence-corrected chi connectivity index (χ2v) is 7.28. The van der Waals surface area contributed by atoms with Gasteiger partial charge < -0.3 is 9.47 Å². The molecule has 3 aromatic rings. The van der Waals surface area contributed by atoms with Gasteiger partial charge in [-0.25, -0.2) is 9.97 Å². The monoisotopic (exact) mass is 362 g/mol. The molecule has 2 aromatic heterocycles. The molecule has 1 aliphatic heterocycles. The second kappa shape index (κ2) is 7.91. The number of nitrogens with zero attached hydrogens (tertiary/aromatic N) is 4. The minimum Gasteiger partial charge on any atom is -0.342 e. The van der Waals surface area contributed by atoms with Crippen LogP contribution in [-0.4, -0.2) is 38.4 Å². The Bertz CT molecular complexity index is 918. The molecule has 1 unspecified atom stereocenters. The number of rotatable bonds is 6. The van der Waals surface area contributed by atoms with Crippen LogP contribution < -0.4 is 0 Å². The molecule has 1 atom stereocenters. The van der Waals surface area contributed by atoms with Gasteiger partial charge in [0.2, 0.25) is 5.91 Å². The molecule has 1 aliphatic rings. The molecule has 1 aromatic carbocycles. The maximum Gasteiger partial charge on any atom is 0.222 e. The molecule has 0 bridgehead atoms. The second-order valence-electron chi connectivity index (χ2n) is 7.28. The molecule has 5 nitrogen and oxygen atoms in total. The van der Waals surface area contributed by atoms with Crippen molar-refractivity contribution in [3.05, 3.63) is 60.0 Å².